The van der Waals surface area contributed by atoms with E-state index in [0.717, 1.165) is 22.5 Å². The summed E-state index contributed by atoms with van der Waals surface area (Å²) in [6, 6.07) is 11.7. The van der Waals surface area contributed by atoms with Crippen LogP contribution in [-0.2, 0) is 22.6 Å². The highest BCUT2D eigenvalue weighted by atomic mass is 35.5. The topological polar surface area (TPSA) is 57.6 Å². The number of aliphatic hydroxyl groups is 1. The van der Waals surface area contributed by atoms with Gasteiger partial charge in [0, 0.05) is 12.0 Å². The van der Waals surface area contributed by atoms with Gasteiger partial charge in [0.1, 0.15) is 5.82 Å². The molecule has 1 heterocycles. The first-order valence-corrected chi connectivity index (χ1v) is 12.8. The number of hydrogen-bond acceptors (Lipinski definition) is 3. The molecular weight excluding hydrogens is 518 g/mol. The zero-order chi connectivity index (χ0) is 26.4. The summed E-state index contributed by atoms with van der Waals surface area (Å²) in [5, 5.41) is 10.8. The third-order valence-electron chi connectivity index (χ3n) is 6.16. The van der Waals surface area contributed by atoms with E-state index in [1.165, 1.54) is 19.1 Å². The van der Waals surface area contributed by atoms with Crippen LogP contribution in [0.4, 0.5) is 23.2 Å². The van der Waals surface area contributed by atoms with E-state index in [2.05, 4.69) is 0 Å². The lowest BCUT2D eigenvalue weighted by Gasteiger charge is -2.39. The average molecular weight is 540 g/mol. The molecule has 4 rings (SSSR count). The molecule has 0 bridgehead atoms. The van der Waals surface area contributed by atoms with Crippen LogP contribution in [0.25, 0.3) is 11.6 Å². The lowest BCUT2D eigenvalue weighted by atomic mass is 9.94. The quantitative estimate of drug-likeness (QED) is 0.302. The highest BCUT2D eigenvalue weighted by molar-refractivity contribution is 7.92. The van der Waals surface area contributed by atoms with Crippen molar-refractivity contribution < 1.29 is 31.1 Å². The summed E-state index contributed by atoms with van der Waals surface area (Å²) in [4.78, 5) is -0.542. The number of halogens is 5. The Labute approximate surface area is 211 Å². The highest BCUT2D eigenvalue weighted by Gasteiger charge is 2.39. The van der Waals surface area contributed by atoms with Gasteiger partial charge in [0.2, 0.25) is 0 Å². The molecule has 0 spiro atoms. The predicted octanol–water partition coefficient (Wildman–Crippen LogP) is 6.56. The first kappa shape index (κ1) is 26.2. The van der Waals surface area contributed by atoms with E-state index in [1.807, 2.05) is 0 Å². The third kappa shape index (κ3) is 4.87. The Morgan fingerprint density at radius 3 is 2.47 bits per heavy atom. The number of anilines is 1. The molecule has 190 valence electrons. The SMILES string of the molecule is CC(=Cc1ccc2c(c1)N(S(=O)(=O)c1cccc(C(F)(F)F)c1)C(C)C(O)C2)c1c(F)cccc1Cl. The van der Waals surface area contributed by atoms with Crippen LogP contribution >= 0.6 is 11.6 Å². The van der Waals surface area contributed by atoms with E-state index >= 15 is 0 Å². The minimum atomic E-state index is -4.72. The van der Waals surface area contributed by atoms with Gasteiger partial charge in [0.05, 0.1) is 33.3 Å². The number of rotatable bonds is 4. The molecule has 0 aliphatic carbocycles. The maximum Gasteiger partial charge on any atom is 0.416 e. The monoisotopic (exact) mass is 539 g/mol. The van der Waals surface area contributed by atoms with E-state index in [9.17, 15) is 31.1 Å². The third-order valence-corrected chi connectivity index (χ3v) is 8.37. The van der Waals surface area contributed by atoms with Crippen LogP contribution < -0.4 is 4.31 Å². The summed E-state index contributed by atoms with van der Waals surface area (Å²) in [6.07, 6.45) is -4.00. The van der Waals surface area contributed by atoms with Gasteiger partial charge >= 0.3 is 6.18 Å². The Bertz CT molecular complexity index is 1430. The maximum atomic E-state index is 14.4. The molecule has 1 N–H and O–H groups in total. The van der Waals surface area contributed by atoms with Crippen LogP contribution in [0.1, 0.15) is 36.1 Å². The molecule has 0 radical (unpaired) electrons. The zero-order valence-corrected chi connectivity index (χ0v) is 20.8. The van der Waals surface area contributed by atoms with Gasteiger partial charge in [-0.2, -0.15) is 13.2 Å². The Kier molecular flexibility index (Phi) is 6.94. The molecule has 0 saturated carbocycles. The first-order valence-electron chi connectivity index (χ1n) is 11.0. The van der Waals surface area contributed by atoms with Crippen LogP contribution in [0.3, 0.4) is 0 Å². The Morgan fingerprint density at radius 1 is 1.11 bits per heavy atom. The molecular formula is C26H22ClF4NO3S. The van der Waals surface area contributed by atoms with Crippen molar-refractivity contribution in [2.45, 2.75) is 43.5 Å². The van der Waals surface area contributed by atoms with Gasteiger partial charge in [0.15, 0.2) is 0 Å². The lowest BCUT2D eigenvalue weighted by molar-refractivity contribution is -0.137. The fourth-order valence-corrected chi connectivity index (χ4v) is 6.38. The van der Waals surface area contributed by atoms with Crippen molar-refractivity contribution in [3.8, 4) is 0 Å². The van der Waals surface area contributed by atoms with Gasteiger partial charge < -0.3 is 5.11 Å². The molecule has 2 unspecified atom stereocenters. The number of benzene rings is 3. The van der Waals surface area contributed by atoms with E-state index < -0.39 is 44.6 Å². The normalized spacial score (nSPS) is 18.8. The Balaban J connectivity index is 1.83. The second kappa shape index (κ2) is 9.53. The van der Waals surface area contributed by atoms with Crippen LogP contribution in [0.15, 0.2) is 65.6 Å². The summed E-state index contributed by atoms with van der Waals surface area (Å²) in [5.41, 5.74) is 0.867. The second-order valence-electron chi connectivity index (χ2n) is 8.65. The summed E-state index contributed by atoms with van der Waals surface area (Å²) < 4.78 is 82.3. The molecule has 0 aromatic heterocycles. The minimum absolute atomic E-state index is 0.160. The molecule has 4 nitrogen and oxygen atoms in total. The second-order valence-corrected chi connectivity index (χ2v) is 10.9. The smallest absolute Gasteiger partial charge is 0.391 e. The maximum absolute atomic E-state index is 14.4. The predicted molar refractivity (Wildman–Crippen MR) is 132 cm³/mol. The van der Waals surface area contributed by atoms with E-state index in [0.29, 0.717) is 22.8 Å². The van der Waals surface area contributed by atoms with Crippen LogP contribution in [-0.4, -0.2) is 25.7 Å². The van der Waals surface area contributed by atoms with Crippen molar-refractivity contribution in [1.29, 1.82) is 0 Å². The van der Waals surface area contributed by atoms with Gasteiger partial charge in [-0.25, -0.2) is 12.8 Å². The van der Waals surface area contributed by atoms with Crippen LogP contribution in [0.5, 0.6) is 0 Å². The van der Waals surface area contributed by atoms with Crippen molar-refractivity contribution in [3.63, 3.8) is 0 Å². The molecule has 1 aliphatic heterocycles. The fourth-order valence-electron chi connectivity index (χ4n) is 4.31. The number of sulfonamides is 1. The van der Waals surface area contributed by atoms with Gasteiger partial charge in [-0.3, -0.25) is 4.31 Å². The van der Waals surface area contributed by atoms with E-state index in [-0.39, 0.29) is 22.7 Å². The van der Waals surface area contributed by atoms with Crippen molar-refractivity contribution in [3.05, 3.63) is 93.8 Å². The zero-order valence-electron chi connectivity index (χ0n) is 19.2. The van der Waals surface area contributed by atoms with Crippen molar-refractivity contribution in [2.24, 2.45) is 0 Å². The summed E-state index contributed by atoms with van der Waals surface area (Å²) in [7, 11) is -4.48. The molecule has 0 amide bonds. The molecule has 2 atom stereocenters. The van der Waals surface area contributed by atoms with Gasteiger partial charge in [-0.15, -0.1) is 0 Å². The average Bonchev–Trinajstić information content (AvgIpc) is 2.79. The van der Waals surface area contributed by atoms with Crippen molar-refractivity contribution in [2.75, 3.05) is 4.31 Å². The number of allylic oxidation sites excluding steroid dienone is 1. The molecule has 0 fully saturated rings. The summed E-state index contributed by atoms with van der Waals surface area (Å²) >= 11 is 6.16. The van der Waals surface area contributed by atoms with Gasteiger partial charge in [-0.1, -0.05) is 41.9 Å². The summed E-state index contributed by atoms with van der Waals surface area (Å²) in [5.74, 6) is -0.514. The van der Waals surface area contributed by atoms with Crippen molar-refractivity contribution in [1.82, 2.24) is 0 Å². The largest absolute Gasteiger partial charge is 0.416 e. The van der Waals surface area contributed by atoms with Gasteiger partial charge in [0.25, 0.3) is 10.0 Å². The molecule has 10 heteroatoms. The number of fused-ring (bicyclic) bond motifs is 1. The number of aliphatic hydroxyl groups excluding tert-OH is 1. The number of alkyl halides is 3. The number of nitrogens with zero attached hydrogens (tertiary/aromatic N) is 1. The van der Waals surface area contributed by atoms with E-state index in [4.69, 9.17) is 11.6 Å². The number of hydrogen-bond donors (Lipinski definition) is 1. The minimum Gasteiger partial charge on any atom is -0.391 e. The highest BCUT2D eigenvalue weighted by Crippen LogP contribution is 2.38. The van der Waals surface area contributed by atoms with Crippen LogP contribution in [0.2, 0.25) is 5.02 Å². The van der Waals surface area contributed by atoms with Crippen LogP contribution in [0, 0.1) is 5.82 Å². The molecule has 1 aliphatic rings. The summed E-state index contributed by atoms with van der Waals surface area (Å²) in [6.45, 7) is 3.15. The van der Waals surface area contributed by atoms with E-state index in [1.54, 1.807) is 37.3 Å². The standard InChI is InChI=1S/C26H22ClF4NO3S/c1-15(25-21(27)7-4-8-22(25)28)11-17-9-10-18-13-24(33)16(2)32(23(18)12-17)36(34,35)20-6-3-5-19(14-20)26(29,30)31/h3-12,14,16,24,33H,13H2,1-2H3. The molecule has 3 aromatic rings. The fraction of sp³-hybridized carbons (Fsp3) is 0.231. The molecule has 0 saturated heterocycles. The Morgan fingerprint density at radius 2 is 1.81 bits per heavy atom. The Hall–Kier alpha value is -2.88. The molecule has 3 aromatic carbocycles. The van der Waals surface area contributed by atoms with Crippen molar-refractivity contribution >= 4 is 39.0 Å². The lowest BCUT2D eigenvalue weighted by Crippen LogP contribution is -2.49. The van der Waals surface area contributed by atoms with Gasteiger partial charge in [-0.05, 0) is 66.9 Å². The first-order chi connectivity index (χ1) is 16.8. The molecule has 36 heavy (non-hydrogen) atoms.